The van der Waals surface area contributed by atoms with Crippen molar-refractivity contribution in [3.8, 4) is 0 Å². The summed E-state index contributed by atoms with van der Waals surface area (Å²) in [5.74, 6) is 0.230. The molecule has 5 heteroatoms. The van der Waals surface area contributed by atoms with E-state index in [1.165, 1.54) is 0 Å². The maximum atomic E-state index is 10.7. The van der Waals surface area contributed by atoms with Crippen LogP contribution in [0.15, 0.2) is 10.6 Å². The van der Waals surface area contributed by atoms with Crippen LogP contribution in [0.5, 0.6) is 0 Å². The van der Waals surface area contributed by atoms with Crippen molar-refractivity contribution in [2.75, 3.05) is 10.6 Å². The normalized spacial score (nSPS) is 9.64. The molecule has 1 heterocycles. The number of hydrogen-bond donors (Lipinski definition) is 1. The van der Waals surface area contributed by atoms with Crippen molar-refractivity contribution in [1.29, 1.82) is 0 Å². The molecule has 1 N–H and O–H groups in total. The highest BCUT2D eigenvalue weighted by atomic mass is 79.9. The van der Waals surface area contributed by atoms with E-state index in [1.54, 1.807) is 13.0 Å². The van der Waals surface area contributed by atoms with Crippen molar-refractivity contribution in [2.24, 2.45) is 0 Å². The Hall–Kier alpha value is -0.840. The van der Waals surface area contributed by atoms with E-state index >= 15 is 0 Å². The van der Waals surface area contributed by atoms with Gasteiger partial charge in [-0.05, 0) is 6.92 Å². The number of aryl methyl sites for hydroxylation is 1. The van der Waals surface area contributed by atoms with Crippen molar-refractivity contribution >= 4 is 27.7 Å². The van der Waals surface area contributed by atoms with Gasteiger partial charge in [0.25, 0.3) is 0 Å². The van der Waals surface area contributed by atoms with Gasteiger partial charge >= 0.3 is 0 Å². The Bertz CT molecular complexity index is 259. The third-order valence-corrected chi connectivity index (χ3v) is 1.52. The summed E-state index contributed by atoms with van der Waals surface area (Å²) in [5.41, 5.74) is 0.745. The zero-order valence-electron chi connectivity index (χ0n) is 5.93. The maximum Gasteiger partial charge on any atom is 0.237 e. The van der Waals surface area contributed by atoms with Crippen LogP contribution in [0.3, 0.4) is 0 Å². The lowest BCUT2D eigenvalue weighted by Crippen LogP contribution is -2.11. The van der Waals surface area contributed by atoms with Gasteiger partial charge in [0.2, 0.25) is 11.8 Å². The van der Waals surface area contributed by atoms with E-state index in [0.717, 1.165) is 5.69 Å². The summed E-state index contributed by atoms with van der Waals surface area (Å²) in [6.45, 7) is 1.79. The molecular formula is C6H7BrN2O2. The van der Waals surface area contributed by atoms with E-state index in [0.29, 0.717) is 5.88 Å². The van der Waals surface area contributed by atoms with Gasteiger partial charge in [0.1, 0.15) is 0 Å². The Morgan fingerprint density at radius 1 is 1.91 bits per heavy atom. The highest BCUT2D eigenvalue weighted by Gasteiger charge is 2.03. The molecule has 0 aliphatic rings. The number of alkyl halides is 1. The molecule has 0 aromatic carbocycles. The molecule has 60 valence electrons. The average Bonchev–Trinajstić information content (AvgIpc) is 2.35. The van der Waals surface area contributed by atoms with Crippen LogP contribution in [0, 0.1) is 6.92 Å². The first-order valence-corrected chi connectivity index (χ1v) is 4.13. The van der Waals surface area contributed by atoms with Gasteiger partial charge in [-0.2, -0.15) is 0 Å². The van der Waals surface area contributed by atoms with E-state index in [1.807, 2.05) is 0 Å². The van der Waals surface area contributed by atoms with Crippen LogP contribution in [0.1, 0.15) is 5.69 Å². The first-order valence-electron chi connectivity index (χ1n) is 3.01. The van der Waals surface area contributed by atoms with Crippen LogP contribution in [0.25, 0.3) is 0 Å². The molecule has 0 saturated carbocycles. The summed E-state index contributed by atoms with van der Waals surface area (Å²) in [6, 6.07) is 1.65. The Kier molecular flexibility index (Phi) is 2.64. The quantitative estimate of drug-likeness (QED) is 0.763. The third kappa shape index (κ3) is 2.34. The number of carbonyl (C=O) groups excluding carboxylic acids is 1. The number of rotatable bonds is 2. The minimum atomic E-state index is -0.152. The fourth-order valence-electron chi connectivity index (χ4n) is 0.593. The van der Waals surface area contributed by atoms with E-state index in [9.17, 15) is 4.79 Å². The molecular weight excluding hydrogens is 212 g/mol. The smallest absolute Gasteiger partial charge is 0.237 e. The van der Waals surface area contributed by atoms with Crippen molar-refractivity contribution in [3.05, 3.63) is 11.8 Å². The highest BCUT2D eigenvalue weighted by Crippen LogP contribution is 2.07. The molecule has 0 saturated heterocycles. The fraction of sp³-hybridized carbons (Fsp3) is 0.333. The number of nitrogens with zero attached hydrogens (tertiary/aromatic N) is 1. The summed E-state index contributed by atoms with van der Waals surface area (Å²) < 4.78 is 4.73. The summed E-state index contributed by atoms with van der Waals surface area (Å²) in [5, 5.41) is 6.35. The van der Waals surface area contributed by atoms with Crippen molar-refractivity contribution < 1.29 is 9.32 Å². The monoisotopic (exact) mass is 218 g/mol. The molecule has 0 radical (unpaired) electrons. The topological polar surface area (TPSA) is 55.1 Å². The minimum Gasteiger partial charge on any atom is -0.338 e. The molecule has 1 aromatic rings. The lowest BCUT2D eigenvalue weighted by Gasteiger charge is -1.93. The number of amides is 1. The maximum absolute atomic E-state index is 10.7. The highest BCUT2D eigenvalue weighted by molar-refractivity contribution is 9.09. The van der Waals surface area contributed by atoms with Crippen LogP contribution in [0.2, 0.25) is 0 Å². The molecule has 0 aliphatic carbocycles. The van der Waals surface area contributed by atoms with Crippen LogP contribution >= 0.6 is 15.9 Å². The average molecular weight is 219 g/mol. The molecule has 0 bridgehead atoms. The second-order valence-corrected chi connectivity index (χ2v) is 2.58. The number of hydrogen-bond acceptors (Lipinski definition) is 3. The number of anilines is 1. The molecule has 11 heavy (non-hydrogen) atoms. The van der Waals surface area contributed by atoms with Crippen LogP contribution in [-0.2, 0) is 4.79 Å². The zero-order chi connectivity index (χ0) is 8.27. The summed E-state index contributed by atoms with van der Waals surface area (Å²) in [7, 11) is 0. The van der Waals surface area contributed by atoms with Gasteiger partial charge in [0, 0.05) is 6.07 Å². The molecule has 0 unspecified atom stereocenters. The standard InChI is InChI=1S/C6H7BrN2O2/c1-4-2-6(11-9-4)8-5(10)3-7/h2H,3H2,1H3,(H,8,10). The van der Waals surface area contributed by atoms with Gasteiger partial charge in [0.05, 0.1) is 11.0 Å². The summed E-state index contributed by atoms with van der Waals surface area (Å²) in [4.78, 5) is 10.7. The molecule has 1 amide bonds. The van der Waals surface area contributed by atoms with Gasteiger partial charge < -0.3 is 4.52 Å². The van der Waals surface area contributed by atoms with E-state index in [2.05, 4.69) is 26.4 Å². The molecule has 4 nitrogen and oxygen atoms in total. The van der Waals surface area contributed by atoms with Gasteiger partial charge in [0.15, 0.2) is 0 Å². The fourth-order valence-corrected chi connectivity index (χ4v) is 0.734. The van der Waals surface area contributed by atoms with Crippen LogP contribution in [0.4, 0.5) is 5.88 Å². The number of halogens is 1. The Morgan fingerprint density at radius 3 is 3.09 bits per heavy atom. The Morgan fingerprint density at radius 2 is 2.64 bits per heavy atom. The predicted octanol–water partition coefficient (Wildman–Crippen LogP) is 1.32. The first kappa shape index (κ1) is 8.26. The largest absolute Gasteiger partial charge is 0.338 e. The van der Waals surface area contributed by atoms with Crippen molar-refractivity contribution in [2.45, 2.75) is 6.92 Å². The van der Waals surface area contributed by atoms with Gasteiger partial charge in [-0.25, -0.2) is 0 Å². The second-order valence-electron chi connectivity index (χ2n) is 2.01. The van der Waals surface area contributed by atoms with Gasteiger partial charge in [-0.15, -0.1) is 0 Å². The second kappa shape index (κ2) is 3.52. The SMILES string of the molecule is Cc1cc(NC(=O)CBr)on1. The Labute approximate surface area is 72.1 Å². The molecule has 0 aliphatic heterocycles. The molecule has 1 rings (SSSR count). The van der Waals surface area contributed by atoms with E-state index < -0.39 is 0 Å². The first-order chi connectivity index (χ1) is 5.22. The van der Waals surface area contributed by atoms with Crippen molar-refractivity contribution in [1.82, 2.24) is 5.16 Å². The Balaban J connectivity index is 2.57. The van der Waals surface area contributed by atoms with Crippen molar-refractivity contribution in [3.63, 3.8) is 0 Å². The summed E-state index contributed by atoms with van der Waals surface area (Å²) >= 11 is 3.00. The van der Waals surface area contributed by atoms with Gasteiger partial charge in [-0.1, -0.05) is 21.1 Å². The van der Waals surface area contributed by atoms with E-state index in [4.69, 9.17) is 4.52 Å². The summed E-state index contributed by atoms with van der Waals surface area (Å²) in [6.07, 6.45) is 0. The van der Waals surface area contributed by atoms with Crippen LogP contribution < -0.4 is 5.32 Å². The number of carbonyl (C=O) groups is 1. The number of aromatic nitrogens is 1. The number of nitrogens with one attached hydrogen (secondary N) is 1. The zero-order valence-corrected chi connectivity index (χ0v) is 7.51. The third-order valence-electron chi connectivity index (χ3n) is 1.01. The lowest BCUT2D eigenvalue weighted by atomic mass is 10.5. The lowest BCUT2D eigenvalue weighted by molar-refractivity contribution is -0.113. The van der Waals surface area contributed by atoms with E-state index in [-0.39, 0.29) is 11.2 Å². The molecule has 1 aromatic heterocycles. The van der Waals surface area contributed by atoms with Crippen LogP contribution in [-0.4, -0.2) is 16.4 Å². The predicted molar refractivity (Wildman–Crippen MR) is 43.7 cm³/mol. The van der Waals surface area contributed by atoms with Gasteiger partial charge in [-0.3, -0.25) is 10.1 Å². The minimum absolute atomic E-state index is 0.152. The molecule has 0 spiro atoms. The molecule has 0 fully saturated rings. The molecule has 0 atom stereocenters.